The molecule has 2 aromatic carbocycles. The number of para-hydroxylation sites is 1. The van der Waals surface area contributed by atoms with Gasteiger partial charge < -0.3 is 15.0 Å². The van der Waals surface area contributed by atoms with Crippen molar-refractivity contribution in [2.45, 2.75) is 29.8 Å². The zero-order valence-electron chi connectivity index (χ0n) is 16.1. The van der Waals surface area contributed by atoms with Crippen LogP contribution in [-0.4, -0.2) is 39.9 Å². The largest absolute Gasteiger partial charge is 0.497 e. The Bertz CT molecular complexity index is 943. The average molecular weight is 427 g/mol. The van der Waals surface area contributed by atoms with E-state index < -0.39 is 0 Å². The number of nitrogens with zero attached hydrogens (tertiary/aromatic N) is 3. The summed E-state index contributed by atoms with van der Waals surface area (Å²) in [4.78, 5) is 14.8. The third-order valence-corrected chi connectivity index (χ3v) is 6.53. The Morgan fingerprint density at radius 1 is 1.17 bits per heavy atom. The minimum atomic E-state index is 0.140. The van der Waals surface area contributed by atoms with Gasteiger partial charge in [-0.15, -0.1) is 10.2 Å². The van der Waals surface area contributed by atoms with E-state index in [9.17, 15) is 4.79 Å². The summed E-state index contributed by atoms with van der Waals surface area (Å²) in [6.45, 7) is 0.630. The fraction of sp³-hybridized carbons (Fsp3) is 0.286. The number of methoxy groups -OCH3 is 1. The summed E-state index contributed by atoms with van der Waals surface area (Å²) in [6.07, 6.45) is 2.16. The van der Waals surface area contributed by atoms with Crippen molar-refractivity contribution in [3.8, 4) is 5.75 Å². The van der Waals surface area contributed by atoms with E-state index in [0.717, 1.165) is 39.3 Å². The number of benzene rings is 2. The number of amides is 1. The molecule has 4 rings (SSSR count). The summed E-state index contributed by atoms with van der Waals surface area (Å²) in [5.41, 5.74) is 2.08. The fourth-order valence-corrected chi connectivity index (χ4v) is 4.56. The van der Waals surface area contributed by atoms with Crippen molar-refractivity contribution in [1.29, 1.82) is 0 Å². The van der Waals surface area contributed by atoms with E-state index in [2.05, 4.69) is 15.5 Å². The van der Waals surface area contributed by atoms with Gasteiger partial charge in [-0.05, 0) is 42.7 Å². The Kier molecular flexibility index (Phi) is 6.31. The van der Waals surface area contributed by atoms with E-state index in [1.165, 1.54) is 23.1 Å². The van der Waals surface area contributed by atoms with Crippen LogP contribution < -0.4 is 10.1 Å². The number of ether oxygens (including phenoxy) is 1. The van der Waals surface area contributed by atoms with E-state index in [1.807, 2.05) is 59.5 Å². The molecule has 1 aliphatic carbocycles. The van der Waals surface area contributed by atoms with Crippen LogP contribution in [-0.2, 0) is 11.3 Å². The van der Waals surface area contributed by atoms with Gasteiger partial charge in [0.2, 0.25) is 11.0 Å². The number of hydrogen-bond acceptors (Lipinski definition) is 7. The monoisotopic (exact) mass is 426 g/mol. The Labute approximate surface area is 178 Å². The molecule has 3 aromatic rings. The van der Waals surface area contributed by atoms with Crippen molar-refractivity contribution in [3.63, 3.8) is 0 Å². The maximum Gasteiger partial charge on any atom is 0.233 e. The zero-order valence-corrected chi connectivity index (χ0v) is 17.7. The molecule has 0 atom stereocenters. The lowest BCUT2D eigenvalue weighted by Crippen LogP contribution is -2.33. The lowest BCUT2D eigenvalue weighted by Gasteiger charge is -2.22. The lowest BCUT2D eigenvalue weighted by molar-refractivity contribution is -0.129. The quantitative estimate of drug-likeness (QED) is 0.506. The van der Waals surface area contributed by atoms with Gasteiger partial charge in [-0.25, -0.2) is 0 Å². The van der Waals surface area contributed by atoms with Gasteiger partial charge in [0.25, 0.3) is 0 Å². The van der Waals surface area contributed by atoms with Crippen LogP contribution in [0.4, 0.5) is 10.8 Å². The summed E-state index contributed by atoms with van der Waals surface area (Å²) < 4.78 is 6.00. The molecule has 1 fully saturated rings. The van der Waals surface area contributed by atoms with Crippen molar-refractivity contribution >= 4 is 39.8 Å². The van der Waals surface area contributed by atoms with E-state index in [1.54, 1.807) is 7.11 Å². The van der Waals surface area contributed by atoms with Gasteiger partial charge in [0, 0.05) is 18.3 Å². The third-order valence-electron chi connectivity index (χ3n) is 4.57. The summed E-state index contributed by atoms with van der Waals surface area (Å²) in [7, 11) is 1.65. The number of rotatable bonds is 9. The van der Waals surface area contributed by atoms with Crippen molar-refractivity contribution < 1.29 is 9.53 Å². The molecule has 1 saturated carbocycles. The minimum absolute atomic E-state index is 0.140. The van der Waals surface area contributed by atoms with Gasteiger partial charge in [0.05, 0.1) is 12.9 Å². The number of anilines is 2. The molecule has 0 aliphatic heterocycles. The fourth-order valence-electron chi connectivity index (χ4n) is 2.90. The Hall–Kier alpha value is -2.58. The molecule has 1 N–H and O–H groups in total. The number of carbonyl (C=O) groups is 1. The molecule has 0 bridgehead atoms. The predicted molar refractivity (Wildman–Crippen MR) is 117 cm³/mol. The Morgan fingerprint density at radius 3 is 2.62 bits per heavy atom. The first-order valence-electron chi connectivity index (χ1n) is 9.42. The standard InChI is InChI=1S/C21H22N4O2S2/c1-27-18-11-7-15(8-12-18)13-25(17-9-10-17)19(26)14-28-21-24-23-20(29-21)22-16-5-3-2-4-6-16/h2-8,11-12,17H,9-10,13-14H2,1H3,(H,22,23). The molecule has 0 unspecified atom stereocenters. The van der Waals surface area contributed by atoms with E-state index in [4.69, 9.17) is 4.74 Å². The first-order valence-corrected chi connectivity index (χ1v) is 11.2. The van der Waals surface area contributed by atoms with Gasteiger partial charge >= 0.3 is 0 Å². The molecule has 0 radical (unpaired) electrons. The van der Waals surface area contributed by atoms with Crippen molar-refractivity contribution in [2.24, 2.45) is 0 Å². The molecule has 6 nitrogen and oxygen atoms in total. The van der Waals surface area contributed by atoms with Gasteiger partial charge in [0.15, 0.2) is 4.34 Å². The maximum atomic E-state index is 12.8. The minimum Gasteiger partial charge on any atom is -0.497 e. The molecule has 1 aliphatic rings. The molecule has 0 spiro atoms. The second kappa shape index (κ2) is 9.28. The predicted octanol–water partition coefficient (Wildman–Crippen LogP) is 4.57. The van der Waals surface area contributed by atoms with Gasteiger partial charge in [-0.2, -0.15) is 0 Å². The van der Waals surface area contributed by atoms with Gasteiger partial charge in [-0.1, -0.05) is 53.4 Å². The smallest absolute Gasteiger partial charge is 0.233 e. The highest BCUT2D eigenvalue weighted by atomic mass is 32.2. The summed E-state index contributed by atoms with van der Waals surface area (Å²) in [6, 6.07) is 18.1. The van der Waals surface area contributed by atoms with Crippen LogP contribution in [0, 0.1) is 0 Å². The molecule has 29 heavy (non-hydrogen) atoms. The maximum absolute atomic E-state index is 12.8. The van der Waals surface area contributed by atoms with Crippen LogP contribution in [0.15, 0.2) is 58.9 Å². The average Bonchev–Trinajstić information content (AvgIpc) is 3.51. The summed E-state index contributed by atoms with van der Waals surface area (Å²) in [5.74, 6) is 1.33. The molecular formula is C21H22N4O2S2. The van der Waals surface area contributed by atoms with Crippen LogP contribution in [0.3, 0.4) is 0 Å². The SMILES string of the molecule is COc1ccc(CN(C(=O)CSc2nnc(Nc3ccccc3)s2)C2CC2)cc1. The van der Waals surface area contributed by atoms with Crippen LogP contribution >= 0.6 is 23.1 Å². The second-order valence-corrected chi connectivity index (χ2v) is 8.95. The van der Waals surface area contributed by atoms with E-state index in [0.29, 0.717) is 18.3 Å². The van der Waals surface area contributed by atoms with Crippen LogP contribution in [0.2, 0.25) is 0 Å². The van der Waals surface area contributed by atoms with Crippen LogP contribution in [0.1, 0.15) is 18.4 Å². The van der Waals surface area contributed by atoms with Crippen molar-refractivity contribution in [3.05, 3.63) is 60.2 Å². The molecule has 8 heteroatoms. The molecule has 0 saturated heterocycles. The number of hydrogen-bond donors (Lipinski definition) is 1. The molecule has 1 heterocycles. The number of aromatic nitrogens is 2. The first-order chi connectivity index (χ1) is 14.2. The highest BCUT2D eigenvalue weighted by Gasteiger charge is 2.32. The summed E-state index contributed by atoms with van der Waals surface area (Å²) in [5, 5.41) is 12.3. The first kappa shape index (κ1) is 19.7. The molecule has 150 valence electrons. The highest BCUT2D eigenvalue weighted by molar-refractivity contribution is 8.01. The number of thioether (sulfide) groups is 1. The molecular weight excluding hydrogens is 404 g/mol. The highest BCUT2D eigenvalue weighted by Crippen LogP contribution is 2.31. The van der Waals surface area contributed by atoms with Crippen molar-refractivity contribution in [1.82, 2.24) is 15.1 Å². The second-order valence-electron chi connectivity index (χ2n) is 6.75. The van der Waals surface area contributed by atoms with Crippen LogP contribution in [0.5, 0.6) is 5.75 Å². The molecule has 1 amide bonds. The number of nitrogens with one attached hydrogen (secondary N) is 1. The summed E-state index contributed by atoms with van der Waals surface area (Å²) >= 11 is 2.90. The normalized spacial score (nSPS) is 13.1. The number of carbonyl (C=O) groups excluding carboxylic acids is 1. The van der Waals surface area contributed by atoms with Crippen molar-refractivity contribution in [2.75, 3.05) is 18.2 Å². The van der Waals surface area contributed by atoms with Gasteiger partial charge in [0.1, 0.15) is 5.75 Å². The molecule has 1 aromatic heterocycles. The Balaban J connectivity index is 1.32. The van der Waals surface area contributed by atoms with E-state index >= 15 is 0 Å². The van der Waals surface area contributed by atoms with E-state index in [-0.39, 0.29) is 5.91 Å². The lowest BCUT2D eigenvalue weighted by atomic mass is 10.2. The Morgan fingerprint density at radius 2 is 1.93 bits per heavy atom. The van der Waals surface area contributed by atoms with Crippen LogP contribution in [0.25, 0.3) is 0 Å². The van der Waals surface area contributed by atoms with Gasteiger partial charge in [-0.3, -0.25) is 4.79 Å². The third kappa shape index (κ3) is 5.48. The zero-order chi connectivity index (χ0) is 20.1. The topological polar surface area (TPSA) is 67.3 Å².